The Balaban J connectivity index is 1.63. The summed E-state index contributed by atoms with van der Waals surface area (Å²) >= 11 is 0. The molecular formula is C17H23N5O5. The van der Waals surface area contributed by atoms with Gasteiger partial charge in [-0.05, 0) is 20.8 Å². The van der Waals surface area contributed by atoms with E-state index < -0.39 is 5.56 Å². The highest BCUT2D eigenvalue weighted by molar-refractivity contribution is 6.01. The van der Waals surface area contributed by atoms with Gasteiger partial charge in [0.25, 0.3) is 5.56 Å². The van der Waals surface area contributed by atoms with Crippen LogP contribution in [-0.2, 0) is 9.53 Å². The topological polar surface area (TPSA) is 121 Å². The zero-order chi connectivity index (χ0) is 19.6. The Morgan fingerprint density at radius 1 is 1.22 bits per heavy atom. The van der Waals surface area contributed by atoms with E-state index in [1.165, 1.54) is 0 Å². The summed E-state index contributed by atoms with van der Waals surface area (Å²) < 4.78 is 10.6. The Kier molecular flexibility index (Phi) is 5.45. The van der Waals surface area contributed by atoms with Gasteiger partial charge in [-0.15, -0.1) is 0 Å². The number of aryl methyl sites for hydroxylation is 2. The molecule has 0 saturated carbocycles. The maximum Gasteiger partial charge on any atom is 0.409 e. The highest BCUT2D eigenvalue weighted by Crippen LogP contribution is 2.28. The van der Waals surface area contributed by atoms with Gasteiger partial charge in [0.05, 0.1) is 24.2 Å². The average Bonchev–Trinajstić information content (AvgIpc) is 2.96. The molecule has 1 fully saturated rings. The Labute approximate surface area is 155 Å². The van der Waals surface area contributed by atoms with E-state index in [-0.39, 0.29) is 24.4 Å². The van der Waals surface area contributed by atoms with E-state index >= 15 is 0 Å². The van der Waals surface area contributed by atoms with Crippen molar-refractivity contribution >= 4 is 28.7 Å². The van der Waals surface area contributed by atoms with Crippen LogP contribution in [-0.4, -0.2) is 71.3 Å². The number of piperazine rings is 1. The van der Waals surface area contributed by atoms with Crippen LogP contribution in [0, 0.1) is 13.8 Å². The molecule has 2 aromatic heterocycles. The fraction of sp³-hybridized carbons (Fsp3) is 0.529. The van der Waals surface area contributed by atoms with Gasteiger partial charge in [0.1, 0.15) is 11.1 Å². The van der Waals surface area contributed by atoms with Crippen LogP contribution in [0.25, 0.3) is 10.8 Å². The third-order valence-electron chi connectivity index (χ3n) is 4.52. The van der Waals surface area contributed by atoms with E-state index in [4.69, 9.17) is 9.15 Å². The van der Waals surface area contributed by atoms with Crippen molar-refractivity contribution in [3.05, 3.63) is 21.8 Å². The molecule has 2 N–H and O–H groups in total. The second-order valence-corrected chi connectivity index (χ2v) is 6.39. The summed E-state index contributed by atoms with van der Waals surface area (Å²) in [7, 11) is 0. The zero-order valence-electron chi connectivity index (χ0n) is 15.6. The lowest BCUT2D eigenvalue weighted by molar-refractivity contribution is -0.117. The fourth-order valence-corrected chi connectivity index (χ4v) is 3.20. The standard InChI is InChI=1S/C17H23N5O5/c1-4-26-17(25)22-7-5-21(6-8-22)9-12(23)18-16-14-13(11(3)27-16)10(2)19-20-15(14)24/h4-9H2,1-3H3,(H,18,23)(H,20,24). The Hall–Kier alpha value is -2.88. The summed E-state index contributed by atoms with van der Waals surface area (Å²) in [6.45, 7) is 7.85. The predicted octanol–water partition coefficient (Wildman–Crippen LogP) is 0.846. The Bertz CT molecular complexity index is 910. The van der Waals surface area contributed by atoms with Crippen molar-refractivity contribution in [2.24, 2.45) is 0 Å². The third-order valence-corrected chi connectivity index (χ3v) is 4.52. The van der Waals surface area contributed by atoms with Crippen LogP contribution >= 0.6 is 0 Å². The van der Waals surface area contributed by atoms with Crippen LogP contribution < -0.4 is 10.9 Å². The molecule has 0 bridgehead atoms. The molecule has 10 nitrogen and oxygen atoms in total. The van der Waals surface area contributed by atoms with Gasteiger partial charge in [0.15, 0.2) is 0 Å². The smallest absolute Gasteiger partial charge is 0.409 e. The number of hydrogen-bond acceptors (Lipinski definition) is 7. The average molecular weight is 377 g/mol. The van der Waals surface area contributed by atoms with Gasteiger partial charge in [0.2, 0.25) is 11.8 Å². The molecule has 10 heteroatoms. The largest absolute Gasteiger partial charge is 0.450 e. The summed E-state index contributed by atoms with van der Waals surface area (Å²) in [6, 6.07) is 0. The quantitative estimate of drug-likeness (QED) is 0.810. The molecule has 1 saturated heterocycles. The number of anilines is 1. The lowest BCUT2D eigenvalue weighted by atomic mass is 10.2. The normalized spacial score (nSPS) is 15.1. The van der Waals surface area contributed by atoms with E-state index in [0.29, 0.717) is 55.0 Å². The lowest BCUT2D eigenvalue weighted by Crippen LogP contribution is -2.50. The number of nitrogens with zero attached hydrogens (tertiary/aromatic N) is 3. The molecule has 146 valence electrons. The van der Waals surface area contributed by atoms with Gasteiger partial charge in [-0.3, -0.25) is 19.8 Å². The van der Waals surface area contributed by atoms with Crippen molar-refractivity contribution in [1.82, 2.24) is 20.0 Å². The van der Waals surface area contributed by atoms with Gasteiger partial charge in [-0.2, -0.15) is 5.10 Å². The number of hydrogen-bond donors (Lipinski definition) is 2. The predicted molar refractivity (Wildman–Crippen MR) is 97.8 cm³/mol. The second kappa shape index (κ2) is 7.78. The van der Waals surface area contributed by atoms with E-state index in [1.54, 1.807) is 25.7 Å². The first-order valence-electron chi connectivity index (χ1n) is 8.83. The molecule has 0 unspecified atom stereocenters. The summed E-state index contributed by atoms with van der Waals surface area (Å²) in [6.07, 6.45) is -0.331. The van der Waals surface area contributed by atoms with Gasteiger partial charge < -0.3 is 14.1 Å². The fourth-order valence-electron chi connectivity index (χ4n) is 3.20. The van der Waals surface area contributed by atoms with Crippen molar-refractivity contribution in [2.75, 3.05) is 44.6 Å². The molecule has 0 radical (unpaired) electrons. The molecule has 0 aromatic carbocycles. The van der Waals surface area contributed by atoms with E-state index in [0.717, 1.165) is 0 Å². The van der Waals surface area contributed by atoms with E-state index in [1.807, 2.05) is 4.90 Å². The number of aromatic nitrogens is 2. The molecule has 3 rings (SSSR count). The minimum Gasteiger partial charge on any atom is -0.450 e. The number of furan rings is 1. The van der Waals surface area contributed by atoms with Crippen LogP contribution in [0.1, 0.15) is 18.4 Å². The molecule has 0 spiro atoms. The molecule has 1 aliphatic heterocycles. The van der Waals surface area contributed by atoms with Crippen molar-refractivity contribution < 1.29 is 18.7 Å². The summed E-state index contributed by atoms with van der Waals surface area (Å²) in [5, 5.41) is 9.90. The maximum absolute atomic E-state index is 12.4. The van der Waals surface area contributed by atoms with Gasteiger partial charge in [-0.1, -0.05) is 0 Å². The maximum atomic E-state index is 12.4. The zero-order valence-corrected chi connectivity index (χ0v) is 15.6. The molecule has 1 aliphatic rings. The molecule has 27 heavy (non-hydrogen) atoms. The van der Waals surface area contributed by atoms with Crippen molar-refractivity contribution in [2.45, 2.75) is 20.8 Å². The van der Waals surface area contributed by atoms with Crippen LogP contribution in [0.2, 0.25) is 0 Å². The number of nitrogens with one attached hydrogen (secondary N) is 2. The molecule has 0 aliphatic carbocycles. The lowest BCUT2D eigenvalue weighted by Gasteiger charge is -2.33. The number of fused-ring (bicyclic) bond motifs is 1. The van der Waals surface area contributed by atoms with Crippen molar-refractivity contribution in [3.8, 4) is 0 Å². The van der Waals surface area contributed by atoms with Gasteiger partial charge in [0, 0.05) is 26.2 Å². The molecule has 2 aromatic rings. The number of carbonyl (C=O) groups excluding carboxylic acids is 2. The van der Waals surface area contributed by atoms with E-state index in [9.17, 15) is 14.4 Å². The number of carbonyl (C=O) groups is 2. The van der Waals surface area contributed by atoms with Crippen molar-refractivity contribution in [1.29, 1.82) is 0 Å². The minimum atomic E-state index is -0.411. The monoisotopic (exact) mass is 377 g/mol. The van der Waals surface area contributed by atoms with E-state index in [2.05, 4.69) is 15.5 Å². The summed E-state index contributed by atoms with van der Waals surface area (Å²) in [5.74, 6) is 0.368. The van der Waals surface area contributed by atoms with Gasteiger partial charge >= 0.3 is 6.09 Å². The summed E-state index contributed by atoms with van der Waals surface area (Å²) in [4.78, 5) is 39.8. The van der Waals surface area contributed by atoms with Gasteiger partial charge in [-0.25, -0.2) is 9.89 Å². The summed E-state index contributed by atoms with van der Waals surface area (Å²) in [5.41, 5.74) is 0.215. The van der Waals surface area contributed by atoms with Crippen LogP contribution in [0.4, 0.5) is 10.7 Å². The Morgan fingerprint density at radius 3 is 2.59 bits per heavy atom. The number of H-pyrrole nitrogens is 1. The van der Waals surface area contributed by atoms with Crippen LogP contribution in [0.15, 0.2) is 9.21 Å². The number of aromatic amines is 1. The van der Waals surface area contributed by atoms with Crippen LogP contribution in [0.5, 0.6) is 0 Å². The molecule has 3 heterocycles. The molecular weight excluding hydrogens is 354 g/mol. The molecule has 2 amide bonds. The SMILES string of the molecule is CCOC(=O)N1CCN(CC(=O)Nc2oc(C)c3c(C)n[nH]c(=O)c23)CC1. The van der Waals surface area contributed by atoms with Crippen LogP contribution in [0.3, 0.4) is 0 Å². The number of amides is 2. The third kappa shape index (κ3) is 3.95. The number of ether oxygens (including phenoxy) is 1. The Morgan fingerprint density at radius 2 is 1.93 bits per heavy atom. The van der Waals surface area contributed by atoms with Crippen molar-refractivity contribution in [3.63, 3.8) is 0 Å². The first-order chi connectivity index (χ1) is 12.9. The number of rotatable bonds is 4. The highest BCUT2D eigenvalue weighted by atomic mass is 16.6. The minimum absolute atomic E-state index is 0.129. The first kappa shape index (κ1) is 18.9. The highest BCUT2D eigenvalue weighted by Gasteiger charge is 2.24. The first-order valence-corrected chi connectivity index (χ1v) is 8.83. The molecule has 0 atom stereocenters. The second-order valence-electron chi connectivity index (χ2n) is 6.39.